The van der Waals surface area contributed by atoms with Crippen LogP contribution in [0.1, 0.15) is 13.8 Å². The Morgan fingerprint density at radius 1 is 1.33 bits per heavy atom. The lowest BCUT2D eigenvalue weighted by atomic mass is 10.2. The summed E-state index contributed by atoms with van der Waals surface area (Å²) < 4.78 is 11.9. The molecule has 102 valence electrons. The fourth-order valence-electron chi connectivity index (χ4n) is 1.57. The monoisotopic (exact) mass is 254 g/mol. The average molecular weight is 254 g/mol. The van der Waals surface area contributed by atoms with Crippen LogP contribution in [0.15, 0.2) is 23.1 Å². The second kappa shape index (κ2) is 7.18. The predicted molar refractivity (Wildman–Crippen MR) is 72.1 cm³/mol. The van der Waals surface area contributed by atoms with E-state index in [-0.39, 0.29) is 17.7 Å². The number of rotatable bonds is 7. The van der Waals surface area contributed by atoms with Crippen LogP contribution in [-0.2, 0) is 16.0 Å². The molecule has 5 heteroatoms. The van der Waals surface area contributed by atoms with Gasteiger partial charge in [-0.2, -0.15) is 0 Å². The average Bonchev–Trinajstić information content (AvgIpc) is 2.38. The molecule has 0 aromatic carbocycles. The summed E-state index contributed by atoms with van der Waals surface area (Å²) in [6.07, 6.45) is 1.91. The van der Waals surface area contributed by atoms with E-state index >= 15 is 0 Å². The van der Waals surface area contributed by atoms with Crippen LogP contribution in [0, 0.1) is 0 Å². The van der Waals surface area contributed by atoms with Crippen molar-refractivity contribution >= 4 is 5.69 Å². The summed E-state index contributed by atoms with van der Waals surface area (Å²) in [6, 6.07) is 3.51. The van der Waals surface area contributed by atoms with Crippen LogP contribution >= 0.6 is 0 Å². The molecule has 0 aliphatic rings. The van der Waals surface area contributed by atoms with E-state index in [1.165, 1.54) is 0 Å². The molecule has 0 aliphatic carbocycles. The molecule has 1 heterocycles. The molecule has 0 amide bonds. The zero-order valence-corrected chi connectivity index (χ0v) is 11.5. The number of ether oxygens (including phenoxy) is 2. The van der Waals surface area contributed by atoms with Crippen molar-refractivity contribution in [2.24, 2.45) is 0 Å². The van der Waals surface area contributed by atoms with E-state index in [0.29, 0.717) is 13.2 Å². The molecule has 0 bridgehead atoms. The maximum atomic E-state index is 11.6. The van der Waals surface area contributed by atoms with Crippen LogP contribution in [0.25, 0.3) is 0 Å². The van der Waals surface area contributed by atoms with Crippen LogP contribution in [0.3, 0.4) is 0 Å². The second-order valence-electron chi connectivity index (χ2n) is 4.32. The first-order chi connectivity index (χ1) is 8.58. The van der Waals surface area contributed by atoms with Crippen molar-refractivity contribution in [1.82, 2.24) is 4.57 Å². The van der Waals surface area contributed by atoms with E-state index in [1.807, 2.05) is 13.8 Å². The number of nitrogens with zero attached hydrogens (tertiary/aromatic N) is 1. The van der Waals surface area contributed by atoms with Gasteiger partial charge in [0.05, 0.1) is 18.4 Å². The minimum atomic E-state index is -0.0231. The second-order valence-corrected chi connectivity index (χ2v) is 4.32. The summed E-state index contributed by atoms with van der Waals surface area (Å²) in [7, 11) is 3.30. The minimum Gasteiger partial charge on any atom is -0.383 e. The molecule has 1 aromatic heterocycles. The van der Waals surface area contributed by atoms with Crippen molar-refractivity contribution in [1.29, 1.82) is 0 Å². The molecule has 0 aliphatic heterocycles. The molecular weight excluding hydrogens is 232 g/mol. The standard InChI is InChI=1S/C13H22N2O3/c1-10(11(2)18-4)14-12-5-6-13(16)15(9-12)7-8-17-3/h5-6,9-11,14H,7-8H2,1-4H3. The summed E-state index contributed by atoms with van der Waals surface area (Å²) in [4.78, 5) is 11.6. The molecule has 0 fully saturated rings. The van der Waals surface area contributed by atoms with E-state index in [1.54, 1.807) is 37.1 Å². The largest absolute Gasteiger partial charge is 0.383 e. The lowest BCUT2D eigenvalue weighted by Gasteiger charge is -2.21. The van der Waals surface area contributed by atoms with Gasteiger partial charge in [-0.1, -0.05) is 0 Å². The van der Waals surface area contributed by atoms with E-state index in [2.05, 4.69) is 5.32 Å². The highest BCUT2D eigenvalue weighted by Crippen LogP contribution is 2.08. The number of hydrogen-bond acceptors (Lipinski definition) is 4. The molecule has 0 spiro atoms. The normalized spacial score (nSPS) is 14.2. The molecule has 0 saturated carbocycles. The van der Waals surface area contributed by atoms with Crippen LogP contribution in [-0.4, -0.2) is 37.5 Å². The fourth-order valence-corrected chi connectivity index (χ4v) is 1.57. The molecule has 1 N–H and O–H groups in total. The fraction of sp³-hybridized carbons (Fsp3) is 0.615. The number of nitrogens with one attached hydrogen (secondary N) is 1. The van der Waals surface area contributed by atoms with E-state index in [4.69, 9.17) is 9.47 Å². The van der Waals surface area contributed by atoms with Gasteiger partial charge in [0.25, 0.3) is 5.56 Å². The molecule has 1 aromatic rings. The molecule has 5 nitrogen and oxygen atoms in total. The van der Waals surface area contributed by atoms with Crippen molar-refractivity contribution in [3.05, 3.63) is 28.7 Å². The Balaban J connectivity index is 2.75. The van der Waals surface area contributed by atoms with Crippen LogP contribution < -0.4 is 10.9 Å². The third kappa shape index (κ3) is 4.16. The lowest BCUT2D eigenvalue weighted by molar-refractivity contribution is 0.106. The van der Waals surface area contributed by atoms with Gasteiger partial charge in [0.2, 0.25) is 0 Å². The van der Waals surface area contributed by atoms with Crippen molar-refractivity contribution < 1.29 is 9.47 Å². The zero-order chi connectivity index (χ0) is 13.5. The first kappa shape index (κ1) is 14.7. The van der Waals surface area contributed by atoms with Crippen molar-refractivity contribution in [3.63, 3.8) is 0 Å². The van der Waals surface area contributed by atoms with Crippen molar-refractivity contribution in [2.75, 3.05) is 26.1 Å². The third-order valence-electron chi connectivity index (χ3n) is 2.99. The lowest BCUT2D eigenvalue weighted by Crippen LogP contribution is -2.30. The third-order valence-corrected chi connectivity index (χ3v) is 2.99. The number of pyridine rings is 1. The molecule has 0 saturated heterocycles. The Bertz CT molecular complexity index is 417. The molecular formula is C13H22N2O3. The Labute approximate surface area is 108 Å². The molecule has 0 radical (unpaired) electrons. The van der Waals surface area contributed by atoms with E-state index < -0.39 is 0 Å². The summed E-state index contributed by atoms with van der Waals surface area (Å²) in [6.45, 7) is 5.11. The van der Waals surface area contributed by atoms with Gasteiger partial charge in [-0.05, 0) is 19.9 Å². The highest BCUT2D eigenvalue weighted by atomic mass is 16.5. The van der Waals surface area contributed by atoms with Gasteiger partial charge in [-0.15, -0.1) is 0 Å². The van der Waals surface area contributed by atoms with Crippen LogP contribution in [0.4, 0.5) is 5.69 Å². The van der Waals surface area contributed by atoms with Gasteiger partial charge in [0.1, 0.15) is 0 Å². The van der Waals surface area contributed by atoms with Gasteiger partial charge in [0.15, 0.2) is 0 Å². The smallest absolute Gasteiger partial charge is 0.250 e. The topological polar surface area (TPSA) is 52.5 Å². The van der Waals surface area contributed by atoms with Crippen molar-refractivity contribution in [3.8, 4) is 0 Å². The Hall–Kier alpha value is -1.33. The van der Waals surface area contributed by atoms with Crippen molar-refractivity contribution in [2.45, 2.75) is 32.5 Å². The summed E-state index contributed by atoms with van der Waals surface area (Å²) in [5, 5.41) is 3.31. The summed E-state index contributed by atoms with van der Waals surface area (Å²) in [5.74, 6) is 0. The maximum absolute atomic E-state index is 11.6. The molecule has 18 heavy (non-hydrogen) atoms. The minimum absolute atomic E-state index is 0.0231. The van der Waals surface area contributed by atoms with Crippen LogP contribution in [0.2, 0.25) is 0 Å². The van der Waals surface area contributed by atoms with E-state index in [9.17, 15) is 4.79 Å². The van der Waals surface area contributed by atoms with Crippen LogP contribution in [0.5, 0.6) is 0 Å². The number of hydrogen-bond donors (Lipinski definition) is 1. The SMILES string of the molecule is COCCn1cc(NC(C)C(C)OC)ccc1=O. The van der Waals surface area contributed by atoms with Gasteiger partial charge in [-0.25, -0.2) is 0 Å². The van der Waals surface area contributed by atoms with Gasteiger partial charge < -0.3 is 19.4 Å². The molecule has 2 unspecified atom stereocenters. The van der Waals surface area contributed by atoms with Gasteiger partial charge >= 0.3 is 0 Å². The first-order valence-corrected chi connectivity index (χ1v) is 6.07. The maximum Gasteiger partial charge on any atom is 0.250 e. The highest BCUT2D eigenvalue weighted by Gasteiger charge is 2.11. The predicted octanol–water partition coefficient (Wildman–Crippen LogP) is 1.33. The quantitative estimate of drug-likeness (QED) is 0.797. The Morgan fingerprint density at radius 3 is 2.67 bits per heavy atom. The first-order valence-electron chi connectivity index (χ1n) is 6.07. The summed E-state index contributed by atoms with van der Waals surface area (Å²) >= 11 is 0. The Morgan fingerprint density at radius 2 is 2.06 bits per heavy atom. The summed E-state index contributed by atoms with van der Waals surface area (Å²) in [5.41, 5.74) is 0.882. The number of aromatic nitrogens is 1. The highest BCUT2D eigenvalue weighted by molar-refractivity contribution is 5.41. The van der Waals surface area contributed by atoms with E-state index in [0.717, 1.165) is 5.69 Å². The molecule has 2 atom stereocenters. The zero-order valence-electron chi connectivity index (χ0n) is 11.5. The number of methoxy groups -OCH3 is 2. The molecule has 1 rings (SSSR count). The van der Waals surface area contributed by atoms with Gasteiger partial charge in [0, 0.05) is 39.1 Å². The van der Waals surface area contributed by atoms with Gasteiger partial charge in [-0.3, -0.25) is 4.79 Å². The number of anilines is 1. The Kier molecular flexibility index (Phi) is 5.88.